The molecule has 0 saturated carbocycles. The minimum absolute atomic E-state index is 0.0884. The molecule has 1 aliphatic rings. The van der Waals surface area contributed by atoms with Crippen molar-refractivity contribution in [2.24, 2.45) is 0 Å². The number of nitrogens with one attached hydrogen (secondary N) is 1. The lowest BCUT2D eigenvalue weighted by molar-refractivity contribution is -0.384. The Morgan fingerprint density at radius 2 is 2.38 bits per heavy atom. The van der Waals surface area contributed by atoms with Gasteiger partial charge in [-0.15, -0.1) is 0 Å². The molecule has 1 unspecified atom stereocenters. The van der Waals surface area contributed by atoms with Crippen molar-refractivity contribution in [1.29, 1.82) is 0 Å². The van der Waals surface area contributed by atoms with Crippen LogP contribution < -0.4 is 5.32 Å². The SMILES string of the molecule is O=[N+]([O-])c1ccc(F)c(NC2CCSC2)c1. The molecule has 1 atom stereocenters. The number of non-ortho nitro benzene ring substituents is 1. The molecule has 0 aromatic heterocycles. The number of anilines is 1. The number of nitro benzene ring substituents is 1. The summed E-state index contributed by atoms with van der Waals surface area (Å²) in [5, 5.41) is 13.6. The minimum atomic E-state index is -0.520. The van der Waals surface area contributed by atoms with Crippen LogP contribution in [-0.2, 0) is 0 Å². The van der Waals surface area contributed by atoms with E-state index in [9.17, 15) is 14.5 Å². The molecule has 1 saturated heterocycles. The first-order valence-electron chi connectivity index (χ1n) is 4.95. The van der Waals surface area contributed by atoms with Gasteiger partial charge in [-0.25, -0.2) is 4.39 Å². The number of benzene rings is 1. The number of rotatable bonds is 3. The van der Waals surface area contributed by atoms with Crippen LogP contribution in [0.15, 0.2) is 18.2 Å². The number of hydrogen-bond donors (Lipinski definition) is 1. The van der Waals surface area contributed by atoms with Gasteiger partial charge < -0.3 is 5.32 Å². The summed E-state index contributed by atoms with van der Waals surface area (Å²) in [6.45, 7) is 0. The lowest BCUT2D eigenvalue weighted by Crippen LogP contribution is -2.18. The Balaban J connectivity index is 2.17. The standard InChI is InChI=1S/C10H11FN2O2S/c11-9-2-1-8(13(14)15)5-10(9)12-7-3-4-16-6-7/h1-2,5,7,12H,3-4,6H2. The highest BCUT2D eigenvalue weighted by molar-refractivity contribution is 7.99. The Kier molecular flexibility index (Phi) is 3.28. The Morgan fingerprint density at radius 3 is 3.00 bits per heavy atom. The van der Waals surface area contributed by atoms with E-state index in [1.807, 2.05) is 0 Å². The summed E-state index contributed by atoms with van der Waals surface area (Å²) >= 11 is 1.80. The van der Waals surface area contributed by atoms with Crippen molar-refractivity contribution in [3.8, 4) is 0 Å². The van der Waals surface area contributed by atoms with Crippen LogP contribution in [0.5, 0.6) is 0 Å². The molecule has 1 aliphatic heterocycles. The molecule has 1 heterocycles. The number of thioether (sulfide) groups is 1. The molecule has 0 spiro atoms. The van der Waals surface area contributed by atoms with E-state index in [1.54, 1.807) is 11.8 Å². The van der Waals surface area contributed by atoms with Gasteiger partial charge in [-0.3, -0.25) is 10.1 Å². The summed E-state index contributed by atoms with van der Waals surface area (Å²) in [5.74, 6) is 1.53. The molecule has 0 amide bonds. The third kappa shape index (κ3) is 2.44. The predicted octanol–water partition coefficient (Wildman–Crippen LogP) is 2.65. The molecule has 86 valence electrons. The lowest BCUT2D eigenvalue weighted by Gasteiger charge is -2.13. The van der Waals surface area contributed by atoms with Gasteiger partial charge in [0.15, 0.2) is 0 Å². The first kappa shape index (κ1) is 11.2. The molecule has 4 nitrogen and oxygen atoms in total. The average molecular weight is 242 g/mol. The molecule has 1 fully saturated rings. The van der Waals surface area contributed by atoms with Crippen LogP contribution in [0.1, 0.15) is 6.42 Å². The minimum Gasteiger partial charge on any atom is -0.379 e. The molecule has 1 N–H and O–H groups in total. The largest absolute Gasteiger partial charge is 0.379 e. The van der Waals surface area contributed by atoms with Crippen molar-refractivity contribution in [2.45, 2.75) is 12.5 Å². The molecule has 0 radical (unpaired) electrons. The monoisotopic (exact) mass is 242 g/mol. The molecule has 2 rings (SSSR count). The van der Waals surface area contributed by atoms with Crippen molar-refractivity contribution in [2.75, 3.05) is 16.8 Å². The molecule has 16 heavy (non-hydrogen) atoms. The van der Waals surface area contributed by atoms with Crippen LogP contribution in [0.25, 0.3) is 0 Å². The van der Waals surface area contributed by atoms with Crippen molar-refractivity contribution in [3.63, 3.8) is 0 Å². The maximum absolute atomic E-state index is 13.4. The van der Waals surface area contributed by atoms with Gasteiger partial charge in [0.05, 0.1) is 10.6 Å². The van der Waals surface area contributed by atoms with E-state index in [2.05, 4.69) is 5.32 Å². The summed E-state index contributed by atoms with van der Waals surface area (Å²) in [7, 11) is 0. The van der Waals surface area contributed by atoms with E-state index in [0.29, 0.717) is 0 Å². The van der Waals surface area contributed by atoms with Gasteiger partial charge in [0.2, 0.25) is 0 Å². The van der Waals surface area contributed by atoms with Crippen LogP contribution in [-0.4, -0.2) is 22.5 Å². The first-order valence-corrected chi connectivity index (χ1v) is 6.10. The maximum atomic E-state index is 13.4. The molecule has 6 heteroatoms. The summed E-state index contributed by atoms with van der Waals surface area (Å²) < 4.78 is 13.4. The van der Waals surface area contributed by atoms with Crippen LogP contribution >= 0.6 is 11.8 Å². The van der Waals surface area contributed by atoms with Crippen LogP contribution in [0.3, 0.4) is 0 Å². The zero-order valence-electron chi connectivity index (χ0n) is 8.48. The van der Waals surface area contributed by atoms with E-state index in [4.69, 9.17) is 0 Å². The number of nitro groups is 1. The second-order valence-electron chi connectivity index (χ2n) is 3.63. The van der Waals surface area contributed by atoms with Crippen molar-refractivity contribution in [1.82, 2.24) is 0 Å². The quantitative estimate of drug-likeness (QED) is 0.654. The highest BCUT2D eigenvalue weighted by Crippen LogP contribution is 2.25. The van der Waals surface area contributed by atoms with Gasteiger partial charge in [0.1, 0.15) is 5.82 Å². The second kappa shape index (κ2) is 4.69. The Hall–Kier alpha value is -1.30. The van der Waals surface area contributed by atoms with E-state index < -0.39 is 10.7 Å². The summed E-state index contributed by atoms with van der Waals surface area (Å²) in [6.07, 6.45) is 0.965. The zero-order chi connectivity index (χ0) is 11.5. The Morgan fingerprint density at radius 1 is 1.56 bits per heavy atom. The number of halogens is 1. The number of nitrogens with zero attached hydrogens (tertiary/aromatic N) is 1. The molecular weight excluding hydrogens is 231 g/mol. The van der Waals surface area contributed by atoms with Gasteiger partial charge in [0, 0.05) is 23.9 Å². The van der Waals surface area contributed by atoms with Gasteiger partial charge in [-0.2, -0.15) is 11.8 Å². The van der Waals surface area contributed by atoms with Gasteiger partial charge in [-0.1, -0.05) is 0 Å². The third-order valence-electron chi connectivity index (χ3n) is 2.45. The van der Waals surface area contributed by atoms with E-state index in [1.165, 1.54) is 12.1 Å². The smallest absolute Gasteiger partial charge is 0.271 e. The van der Waals surface area contributed by atoms with E-state index >= 15 is 0 Å². The Bertz CT molecular complexity index is 408. The van der Waals surface area contributed by atoms with Crippen LogP contribution in [0.2, 0.25) is 0 Å². The fourth-order valence-corrected chi connectivity index (χ4v) is 2.76. The average Bonchev–Trinajstić information content (AvgIpc) is 2.73. The van der Waals surface area contributed by atoms with Gasteiger partial charge in [0.25, 0.3) is 5.69 Å². The van der Waals surface area contributed by atoms with Crippen molar-refractivity contribution in [3.05, 3.63) is 34.1 Å². The summed E-state index contributed by atoms with van der Waals surface area (Å²) in [6, 6.07) is 3.76. The molecular formula is C10H11FN2O2S. The fraction of sp³-hybridized carbons (Fsp3) is 0.400. The fourth-order valence-electron chi connectivity index (χ4n) is 1.61. The topological polar surface area (TPSA) is 55.2 Å². The predicted molar refractivity (Wildman–Crippen MR) is 62.4 cm³/mol. The van der Waals surface area contributed by atoms with Crippen LogP contribution in [0, 0.1) is 15.9 Å². The molecule has 0 bridgehead atoms. The highest BCUT2D eigenvalue weighted by Gasteiger charge is 2.18. The highest BCUT2D eigenvalue weighted by atomic mass is 32.2. The zero-order valence-corrected chi connectivity index (χ0v) is 9.30. The second-order valence-corrected chi connectivity index (χ2v) is 4.78. The van der Waals surface area contributed by atoms with E-state index in [-0.39, 0.29) is 17.4 Å². The van der Waals surface area contributed by atoms with Gasteiger partial charge >= 0.3 is 0 Å². The maximum Gasteiger partial charge on any atom is 0.271 e. The molecule has 1 aromatic carbocycles. The van der Waals surface area contributed by atoms with Gasteiger partial charge in [-0.05, 0) is 18.2 Å². The van der Waals surface area contributed by atoms with Crippen LogP contribution in [0.4, 0.5) is 15.8 Å². The van der Waals surface area contributed by atoms with E-state index in [0.717, 1.165) is 24.0 Å². The Labute approximate surface area is 96.4 Å². The molecule has 0 aliphatic carbocycles. The summed E-state index contributed by atoms with van der Waals surface area (Å²) in [5.41, 5.74) is 0.135. The van der Waals surface area contributed by atoms with Crippen molar-refractivity contribution >= 4 is 23.1 Å². The van der Waals surface area contributed by atoms with Crippen molar-refractivity contribution < 1.29 is 9.31 Å². The summed E-state index contributed by atoms with van der Waals surface area (Å²) in [4.78, 5) is 10.0. The lowest BCUT2D eigenvalue weighted by atomic mass is 10.2. The number of hydrogen-bond acceptors (Lipinski definition) is 4. The normalized spacial score (nSPS) is 19.7. The molecule has 1 aromatic rings. The first-order chi connectivity index (χ1) is 7.66. The third-order valence-corrected chi connectivity index (χ3v) is 3.61.